The van der Waals surface area contributed by atoms with Gasteiger partial charge >= 0.3 is 6.03 Å². The van der Waals surface area contributed by atoms with Crippen molar-refractivity contribution in [2.24, 2.45) is 5.92 Å². The second kappa shape index (κ2) is 9.25. The monoisotopic (exact) mass is 323 g/mol. The summed E-state index contributed by atoms with van der Waals surface area (Å²) in [6.45, 7) is 7.84. The molecule has 23 heavy (non-hydrogen) atoms. The van der Waals surface area contributed by atoms with Crippen LogP contribution in [-0.4, -0.2) is 24.5 Å². The maximum Gasteiger partial charge on any atom is 0.321 e. The molecule has 0 radical (unpaired) electrons. The van der Waals surface area contributed by atoms with E-state index in [4.69, 9.17) is 0 Å². The normalized spacial score (nSPS) is 13.5. The minimum Gasteiger partial charge on any atom is -0.335 e. The van der Waals surface area contributed by atoms with E-state index in [0.29, 0.717) is 0 Å². The van der Waals surface area contributed by atoms with Gasteiger partial charge in [-0.2, -0.15) is 0 Å². The first-order chi connectivity index (χ1) is 10.8. The number of benzene rings is 1. The fourth-order valence-corrected chi connectivity index (χ4v) is 2.14. The van der Waals surface area contributed by atoms with Gasteiger partial charge in [-0.3, -0.25) is 10.1 Å². The Hall–Kier alpha value is -1.95. The summed E-state index contributed by atoms with van der Waals surface area (Å²) in [5.41, 5.74) is 0.901. The number of carbonyl (C=O) groups is 2. The predicted octanol–water partition coefficient (Wildman–Crippen LogP) is 2.74. The molecule has 0 bridgehead atoms. The molecule has 0 unspecified atom stereocenters. The van der Waals surface area contributed by atoms with Crippen molar-refractivity contribution >= 4 is 11.9 Å². The lowest BCUT2D eigenvalue weighted by atomic mass is 9.96. The van der Waals surface area contributed by atoms with Crippen molar-refractivity contribution < 1.29 is 14.0 Å². The van der Waals surface area contributed by atoms with Gasteiger partial charge in [0.15, 0.2) is 0 Å². The number of urea groups is 1. The van der Waals surface area contributed by atoms with E-state index in [9.17, 15) is 14.0 Å². The standard InChI is InChI=1S/C17H26FN3O2/c1-5-12(4)20-17(23)21-15(22)10-19-16(11(2)3)13-6-8-14(18)9-7-13/h6-9,11-12,16,19H,5,10H2,1-4H3,(H2,20,21,22,23)/t12-,16-/m0/s1. The molecule has 0 heterocycles. The average molecular weight is 323 g/mol. The highest BCUT2D eigenvalue weighted by molar-refractivity contribution is 5.95. The molecule has 0 spiro atoms. The maximum absolute atomic E-state index is 13.0. The summed E-state index contributed by atoms with van der Waals surface area (Å²) in [6.07, 6.45) is 0.792. The summed E-state index contributed by atoms with van der Waals surface area (Å²) in [7, 11) is 0. The number of hydrogen-bond donors (Lipinski definition) is 3. The van der Waals surface area contributed by atoms with Crippen LogP contribution in [0.1, 0.15) is 45.7 Å². The molecule has 0 aromatic heterocycles. The first-order valence-electron chi connectivity index (χ1n) is 7.92. The second-order valence-electron chi connectivity index (χ2n) is 5.99. The van der Waals surface area contributed by atoms with Crippen molar-refractivity contribution in [1.29, 1.82) is 0 Å². The lowest BCUT2D eigenvalue weighted by Crippen LogP contribution is -2.46. The largest absolute Gasteiger partial charge is 0.335 e. The number of nitrogens with one attached hydrogen (secondary N) is 3. The van der Waals surface area contributed by atoms with Crippen molar-refractivity contribution in [3.8, 4) is 0 Å². The zero-order valence-electron chi connectivity index (χ0n) is 14.2. The molecular formula is C17H26FN3O2. The summed E-state index contributed by atoms with van der Waals surface area (Å²) in [6, 6.07) is 5.60. The molecule has 2 atom stereocenters. The molecule has 3 amide bonds. The summed E-state index contributed by atoms with van der Waals surface area (Å²) >= 11 is 0. The highest BCUT2D eigenvalue weighted by Crippen LogP contribution is 2.21. The molecule has 0 saturated carbocycles. The van der Waals surface area contributed by atoms with Crippen molar-refractivity contribution in [2.75, 3.05) is 6.54 Å². The van der Waals surface area contributed by atoms with Gasteiger partial charge in [-0.1, -0.05) is 32.9 Å². The summed E-state index contributed by atoms with van der Waals surface area (Å²) in [4.78, 5) is 23.4. The Morgan fingerprint density at radius 1 is 1.13 bits per heavy atom. The third kappa shape index (κ3) is 6.78. The minimum absolute atomic E-state index is 0.00808. The van der Waals surface area contributed by atoms with E-state index < -0.39 is 11.9 Å². The molecule has 3 N–H and O–H groups in total. The topological polar surface area (TPSA) is 70.2 Å². The molecule has 1 aromatic rings. The first kappa shape index (κ1) is 19.1. The van der Waals surface area contributed by atoms with Crippen molar-refractivity contribution in [3.05, 3.63) is 35.6 Å². The van der Waals surface area contributed by atoms with Crippen LogP contribution in [0.3, 0.4) is 0 Å². The van der Waals surface area contributed by atoms with Gasteiger partial charge in [0, 0.05) is 12.1 Å². The van der Waals surface area contributed by atoms with E-state index in [1.54, 1.807) is 12.1 Å². The van der Waals surface area contributed by atoms with Crippen LogP contribution in [0.2, 0.25) is 0 Å². The Morgan fingerprint density at radius 2 is 1.74 bits per heavy atom. The highest BCUT2D eigenvalue weighted by Gasteiger charge is 2.17. The van der Waals surface area contributed by atoms with Gasteiger partial charge in [-0.15, -0.1) is 0 Å². The van der Waals surface area contributed by atoms with Gasteiger partial charge in [0.1, 0.15) is 5.82 Å². The molecule has 0 saturated heterocycles. The maximum atomic E-state index is 13.0. The zero-order chi connectivity index (χ0) is 17.4. The van der Waals surface area contributed by atoms with Crippen LogP contribution in [0.4, 0.5) is 9.18 Å². The van der Waals surface area contributed by atoms with Crippen LogP contribution < -0.4 is 16.0 Å². The summed E-state index contributed by atoms with van der Waals surface area (Å²) < 4.78 is 13.0. The zero-order valence-corrected chi connectivity index (χ0v) is 14.2. The number of hydrogen-bond acceptors (Lipinski definition) is 3. The summed E-state index contributed by atoms with van der Waals surface area (Å²) in [5, 5.41) is 8.07. The van der Waals surface area contributed by atoms with Crippen molar-refractivity contribution in [3.63, 3.8) is 0 Å². The van der Waals surface area contributed by atoms with Gasteiger partial charge in [0.05, 0.1) is 6.54 Å². The van der Waals surface area contributed by atoms with Crippen LogP contribution in [-0.2, 0) is 4.79 Å². The van der Waals surface area contributed by atoms with E-state index in [1.807, 2.05) is 27.7 Å². The molecular weight excluding hydrogens is 297 g/mol. The van der Waals surface area contributed by atoms with Gasteiger partial charge in [0.2, 0.25) is 5.91 Å². The molecule has 0 fully saturated rings. The smallest absolute Gasteiger partial charge is 0.321 e. The van der Waals surface area contributed by atoms with Crippen LogP contribution >= 0.6 is 0 Å². The van der Waals surface area contributed by atoms with E-state index in [1.165, 1.54) is 12.1 Å². The lowest BCUT2D eigenvalue weighted by Gasteiger charge is -2.23. The Kier molecular flexibility index (Phi) is 7.68. The minimum atomic E-state index is -0.492. The SMILES string of the molecule is CC[C@H](C)NC(=O)NC(=O)CN[C@H](c1ccc(F)cc1)C(C)C. The van der Waals surface area contributed by atoms with Gasteiger partial charge in [-0.25, -0.2) is 9.18 Å². The Labute approximate surface area is 137 Å². The van der Waals surface area contributed by atoms with E-state index in [0.717, 1.165) is 12.0 Å². The number of amides is 3. The number of imide groups is 1. The quantitative estimate of drug-likeness (QED) is 0.722. The van der Waals surface area contributed by atoms with Crippen LogP contribution in [0.15, 0.2) is 24.3 Å². The fraction of sp³-hybridized carbons (Fsp3) is 0.529. The average Bonchev–Trinajstić information content (AvgIpc) is 2.48. The summed E-state index contributed by atoms with van der Waals surface area (Å²) in [5.74, 6) is -0.489. The first-order valence-corrected chi connectivity index (χ1v) is 7.92. The molecule has 0 aliphatic carbocycles. The van der Waals surface area contributed by atoms with Crippen LogP contribution in [0, 0.1) is 11.7 Å². The fourth-order valence-electron chi connectivity index (χ4n) is 2.14. The van der Waals surface area contributed by atoms with E-state index in [2.05, 4.69) is 16.0 Å². The van der Waals surface area contributed by atoms with E-state index in [-0.39, 0.29) is 30.4 Å². The molecule has 0 aliphatic heterocycles. The van der Waals surface area contributed by atoms with Crippen LogP contribution in [0.25, 0.3) is 0 Å². The highest BCUT2D eigenvalue weighted by atomic mass is 19.1. The third-order valence-corrected chi connectivity index (χ3v) is 3.62. The third-order valence-electron chi connectivity index (χ3n) is 3.62. The predicted molar refractivity (Wildman–Crippen MR) is 88.4 cm³/mol. The molecule has 1 aromatic carbocycles. The Balaban J connectivity index is 2.54. The number of halogens is 1. The number of rotatable bonds is 7. The molecule has 5 nitrogen and oxygen atoms in total. The molecule has 1 rings (SSSR count). The Bertz CT molecular complexity index is 517. The lowest BCUT2D eigenvalue weighted by molar-refractivity contribution is -0.119. The van der Waals surface area contributed by atoms with Crippen LogP contribution in [0.5, 0.6) is 0 Å². The van der Waals surface area contributed by atoms with Gasteiger partial charge in [-0.05, 0) is 37.0 Å². The number of carbonyl (C=O) groups excluding carboxylic acids is 2. The van der Waals surface area contributed by atoms with Gasteiger partial charge < -0.3 is 10.6 Å². The Morgan fingerprint density at radius 3 is 2.26 bits per heavy atom. The van der Waals surface area contributed by atoms with Crippen molar-refractivity contribution in [2.45, 2.75) is 46.2 Å². The second-order valence-corrected chi connectivity index (χ2v) is 5.99. The van der Waals surface area contributed by atoms with Crippen molar-refractivity contribution in [1.82, 2.24) is 16.0 Å². The van der Waals surface area contributed by atoms with E-state index >= 15 is 0 Å². The van der Waals surface area contributed by atoms with Gasteiger partial charge in [0.25, 0.3) is 0 Å². The molecule has 6 heteroatoms. The molecule has 0 aliphatic rings. The molecule has 128 valence electrons.